The van der Waals surface area contributed by atoms with Crippen LogP contribution < -0.4 is 5.32 Å². The van der Waals surface area contributed by atoms with E-state index in [1.165, 1.54) is 24.3 Å². The van der Waals surface area contributed by atoms with Gasteiger partial charge < -0.3 is 15.5 Å². The number of aromatic hydroxyl groups is 1. The van der Waals surface area contributed by atoms with Crippen LogP contribution >= 0.6 is 11.6 Å². The molecule has 0 saturated carbocycles. The van der Waals surface area contributed by atoms with Gasteiger partial charge in [-0.15, -0.1) is 0 Å². The molecule has 0 heterocycles. The Kier molecular flexibility index (Phi) is 6.92. The lowest BCUT2D eigenvalue weighted by Gasteiger charge is -2.12. The largest absolute Gasteiger partial charge is 0.508 e. The Labute approximate surface area is 175 Å². The highest BCUT2D eigenvalue weighted by Gasteiger charge is 2.17. The number of rotatable bonds is 8. The quantitative estimate of drug-likeness (QED) is 0.473. The third kappa shape index (κ3) is 5.58. The molecular formula is C22H22ClNO4S. The molecule has 0 aliphatic heterocycles. The maximum Gasteiger partial charge on any atom is 0.206 e. The summed E-state index contributed by atoms with van der Waals surface area (Å²) in [6.07, 6.45) is 0.0397. The Balaban J connectivity index is 1.54. The van der Waals surface area contributed by atoms with Crippen LogP contribution in [-0.4, -0.2) is 31.7 Å². The van der Waals surface area contributed by atoms with Crippen molar-refractivity contribution in [1.29, 1.82) is 0 Å². The molecule has 1 atom stereocenters. The number of nitrogens with one attached hydrogen (secondary N) is 1. The summed E-state index contributed by atoms with van der Waals surface area (Å²) in [5.74, 6) is -0.0891. The highest BCUT2D eigenvalue weighted by Crippen LogP contribution is 2.24. The van der Waals surface area contributed by atoms with E-state index in [1.807, 2.05) is 6.07 Å². The number of hydrogen-bond donors (Lipinski definition) is 3. The third-order valence-corrected chi connectivity index (χ3v) is 6.53. The molecule has 1 unspecified atom stereocenters. The van der Waals surface area contributed by atoms with E-state index in [2.05, 4.69) is 5.32 Å². The second-order valence-corrected chi connectivity index (χ2v) is 9.06. The van der Waals surface area contributed by atoms with E-state index in [9.17, 15) is 18.6 Å². The smallest absolute Gasteiger partial charge is 0.206 e. The van der Waals surface area contributed by atoms with Gasteiger partial charge in [0.05, 0.1) is 15.9 Å². The molecule has 7 heteroatoms. The fraction of sp³-hybridized carbons (Fsp3) is 0.182. The Hall–Kier alpha value is -2.38. The number of aliphatic hydroxyl groups excluding tert-OH is 1. The zero-order valence-corrected chi connectivity index (χ0v) is 17.2. The lowest BCUT2D eigenvalue weighted by atomic mass is 10.1. The van der Waals surface area contributed by atoms with Gasteiger partial charge in [0.25, 0.3) is 0 Å². The first kappa shape index (κ1) is 21.3. The molecule has 3 aromatic carbocycles. The molecule has 0 radical (unpaired) electrons. The highest BCUT2D eigenvalue weighted by atomic mass is 35.5. The summed E-state index contributed by atoms with van der Waals surface area (Å²) in [7, 11) is -3.67. The van der Waals surface area contributed by atoms with Crippen LogP contribution in [0, 0.1) is 0 Å². The van der Waals surface area contributed by atoms with E-state index >= 15 is 0 Å². The predicted molar refractivity (Wildman–Crippen MR) is 113 cm³/mol. The second kappa shape index (κ2) is 9.41. The molecule has 152 valence electrons. The van der Waals surface area contributed by atoms with E-state index in [-0.39, 0.29) is 15.5 Å². The maximum atomic E-state index is 12.6. The van der Waals surface area contributed by atoms with Crippen molar-refractivity contribution >= 4 is 21.4 Å². The molecule has 0 aliphatic rings. The minimum Gasteiger partial charge on any atom is -0.508 e. The molecule has 5 nitrogen and oxygen atoms in total. The van der Waals surface area contributed by atoms with Crippen LogP contribution in [0.2, 0.25) is 5.02 Å². The molecule has 29 heavy (non-hydrogen) atoms. The lowest BCUT2D eigenvalue weighted by Crippen LogP contribution is -2.23. The van der Waals surface area contributed by atoms with Crippen molar-refractivity contribution in [2.24, 2.45) is 0 Å². The van der Waals surface area contributed by atoms with E-state index in [4.69, 9.17) is 11.6 Å². The Morgan fingerprint density at radius 3 is 2.34 bits per heavy atom. The van der Waals surface area contributed by atoms with Crippen molar-refractivity contribution < 1.29 is 18.6 Å². The molecule has 3 rings (SSSR count). The zero-order chi connectivity index (χ0) is 20.9. The summed E-state index contributed by atoms with van der Waals surface area (Å²) >= 11 is 5.94. The SMILES string of the molecule is O=S(=O)(c1ccc(CCNCC(O)c2cccc(Cl)c2)cc1)c1cccc(O)c1. The average molecular weight is 432 g/mol. The number of aliphatic hydroxyl groups is 1. The van der Waals surface area contributed by atoms with Crippen molar-refractivity contribution in [2.45, 2.75) is 22.3 Å². The van der Waals surface area contributed by atoms with Crippen molar-refractivity contribution in [2.75, 3.05) is 13.1 Å². The van der Waals surface area contributed by atoms with Gasteiger partial charge in [0, 0.05) is 11.6 Å². The van der Waals surface area contributed by atoms with Crippen LogP contribution in [0.3, 0.4) is 0 Å². The molecular weight excluding hydrogens is 410 g/mol. The van der Waals surface area contributed by atoms with Crippen molar-refractivity contribution in [3.63, 3.8) is 0 Å². The summed E-state index contributed by atoms with van der Waals surface area (Å²) in [5.41, 5.74) is 1.73. The molecule has 0 amide bonds. The van der Waals surface area contributed by atoms with Gasteiger partial charge in [-0.3, -0.25) is 0 Å². The van der Waals surface area contributed by atoms with Gasteiger partial charge in [0.15, 0.2) is 0 Å². The van der Waals surface area contributed by atoms with Gasteiger partial charge in [-0.1, -0.05) is 41.9 Å². The van der Waals surface area contributed by atoms with Gasteiger partial charge in [-0.25, -0.2) is 8.42 Å². The molecule has 0 fully saturated rings. The van der Waals surface area contributed by atoms with Crippen molar-refractivity contribution in [3.8, 4) is 5.75 Å². The van der Waals surface area contributed by atoms with Crippen LogP contribution in [0.15, 0.2) is 82.6 Å². The zero-order valence-electron chi connectivity index (χ0n) is 15.6. The molecule has 3 aromatic rings. The van der Waals surface area contributed by atoms with E-state index in [0.29, 0.717) is 24.5 Å². The fourth-order valence-corrected chi connectivity index (χ4v) is 4.42. The first-order valence-corrected chi connectivity index (χ1v) is 11.0. The number of phenols is 1. The summed E-state index contributed by atoms with van der Waals surface area (Å²) in [5, 5.41) is 23.5. The fourth-order valence-electron chi connectivity index (χ4n) is 2.93. The lowest BCUT2D eigenvalue weighted by molar-refractivity contribution is 0.175. The van der Waals surface area contributed by atoms with Crippen molar-refractivity contribution in [1.82, 2.24) is 5.32 Å². The normalized spacial score (nSPS) is 12.6. The summed E-state index contributed by atoms with van der Waals surface area (Å²) in [4.78, 5) is 0.234. The number of hydrogen-bond acceptors (Lipinski definition) is 5. The molecule has 0 aromatic heterocycles. The van der Waals surface area contributed by atoms with Gasteiger partial charge in [-0.2, -0.15) is 0 Å². The summed E-state index contributed by atoms with van der Waals surface area (Å²) in [6.45, 7) is 1.03. The Bertz CT molecular complexity index is 1070. The summed E-state index contributed by atoms with van der Waals surface area (Å²) in [6, 6.07) is 19.4. The van der Waals surface area contributed by atoms with Crippen molar-refractivity contribution in [3.05, 3.63) is 88.9 Å². The summed E-state index contributed by atoms with van der Waals surface area (Å²) < 4.78 is 25.3. The van der Waals surface area contributed by atoms with Gasteiger partial charge in [0.2, 0.25) is 9.84 Å². The molecule has 0 aliphatic carbocycles. The van der Waals surface area contributed by atoms with Crippen LogP contribution in [0.4, 0.5) is 0 Å². The Morgan fingerprint density at radius 1 is 0.931 bits per heavy atom. The van der Waals surface area contributed by atoms with E-state index in [1.54, 1.807) is 42.5 Å². The average Bonchev–Trinajstić information content (AvgIpc) is 2.71. The third-order valence-electron chi connectivity index (χ3n) is 4.52. The Morgan fingerprint density at radius 2 is 1.66 bits per heavy atom. The standard InChI is InChI=1S/C22H22ClNO4S/c23-18-4-1-3-17(13-18)22(26)15-24-12-11-16-7-9-20(10-8-16)29(27,28)21-6-2-5-19(25)14-21/h1-10,13-14,22,24-26H,11-12,15H2. The molecule has 3 N–H and O–H groups in total. The minimum atomic E-state index is -3.67. The van der Waals surface area contributed by atoms with Gasteiger partial charge >= 0.3 is 0 Å². The first-order chi connectivity index (χ1) is 13.9. The number of sulfone groups is 1. The van der Waals surface area contributed by atoms with Crippen LogP contribution in [0.5, 0.6) is 5.75 Å². The number of halogens is 1. The molecule has 0 saturated heterocycles. The van der Waals surface area contributed by atoms with Gasteiger partial charge in [0.1, 0.15) is 5.75 Å². The van der Waals surface area contributed by atoms with E-state index < -0.39 is 15.9 Å². The predicted octanol–water partition coefficient (Wildman–Crippen LogP) is 3.74. The highest BCUT2D eigenvalue weighted by molar-refractivity contribution is 7.91. The monoisotopic (exact) mass is 431 g/mol. The number of benzene rings is 3. The molecule has 0 bridgehead atoms. The van der Waals surface area contributed by atoms with Gasteiger partial charge in [-0.05, 0) is 66.6 Å². The van der Waals surface area contributed by atoms with E-state index in [0.717, 1.165) is 11.1 Å². The molecule has 0 spiro atoms. The first-order valence-electron chi connectivity index (χ1n) is 9.13. The number of phenolic OH excluding ortho intramolecular Hbond substituents is 1. The van der Waals surface area contributed by atoms with Crippen LogP contribution in [0.25, 0.3) is 0 Å². The second-order valence-electron chi connectivity index (χ2n) is 6.67. The topological polar surface area (TPSA) is 86.6 Å². The maximum absolute atomic E-state index is 12.6. The minimum absolute atomic E-state index is 0.0573. The van der Waals surface area contributed by atoms with Crippen LogP contribution in [0.1, 0.15) is 17.2 Å². The van der Waals surface area contributed by atoms with Crippen LogP contribution in [-0.2, 0) is 16.3 Å².